The minimum atomic E-state index is -0.0708. The number of hydrogen-bond acceptors (Lipinski definition) is 2. The number of hydrogen-bond donors (Lipinski definition) is 1. The second-order valence-electron chi connectivity index (χ2n) is 6.61. The van der Waals surface area contributed by atoms with Crippen LogP contribution in [0, 0.1) is 6.92 Å². The highest BCUT2D eigenvalue weighted by Gasteiger charge is 2.20. The molecule has 1 N–H and O–H groups in total. The summed E-state index contributed by atoms with van der Waals surface area (Å²) in [6, 6.07) is 13.6. The highest BCUT2D eigenvalue weighted by molar-refractivity contribution is 6.04. The van der Waals surface area contributed by atoms with Crippen LogP contribution < -0.4 is 10.1 Å². The van der Waals surface area contributed by atoms with Gasteiger partial charge in [0.05, 0.1) is 7.11 Å². The van der Waals surface area contributed by atoms with Gasteiger partial charge in [0, 0.05) is 11.3 Å². The van der Waals surface area contributed by atoms with Crippen molar-refractivity contribution in [3.8, 4) is 5.75 Å². The van der Waals surface area contributed by atoms with E-state index in [-0.39, 0.29) is 5.91 Å². The fourth-order valence-corrected chi connectivity index (χ4v) is 3.45. The van der Waals surface area contributed by atoms with E-state index in [0.29, 0.717) is 11.5 Å². The fraction of sp³-hybridized carbons (Fsp3) is 0.381. The van der Waals surface area contributed by atoms with Crippen LogP contribution in [0.25, 0.3) is 0 Å². The Hall–Kier alpha value is -2.29. The van der Waals surface area contributed by atoms with Gasteiger partial charge < -0.3 is 10.1 Å². The maximum Gasteiger partial charge on any atom is 0.255 e. The van der Waals surface area contributed by atoms with Gasteiger partial charge in [-0.25, -0.2) is 0 Å². The van der Waals surface area contributed by atoms with Gasteiger partial charge >= 0.3 is 0 Å². The molecule has 0 aliphatic heterocycles. The van der Waals surface area contributed by atoms with E-state index < -0.39 is 0 Å². The van der Waals surface area contributed by atoms with Crippen molar-refractivity contribution in [1.29, 1.82) is 0 Å². The Morgan fingerprint density at radius 2 is 1.75 bits per heavy atom. The zero-order valence-corrected chi connectivity index (χ0v) is 14.5. The van der Waals surface area contributed by atoms with Crippen LogP contribution >= 0.6 is 0 Å². The number of anilines is 1. The van der Waals surface area contributed by atoms with Crippen LogP contribution in [-0.4, -0.2) is 13.0 Å². The first-order valence-electron chi connectivity index (χ1n) is 8.73. The standard InChI is InChI=1S/C21H25NO2/c1-15-8-11-18(12-9-15)22-21(23)17-10-13-20(24-2)19(14-17)16-6-4-3-5-7-16/h8-14,16H,3-7H2,1-2H3,(H,22,23). The molecule has 1 saturated carbocycles. The normalized spacial score (nSPS) is 15.1. The molecule has 1 aliphatic carbocycles. The molecule has 3 heteroatoms. The molecule has 0 aromatic heterocycles. The molecule has 0 unspecified atom stereocenters. The minimum Gasteiger partial charge on any atom is -0.496 e. The average Bonchev–Trinajstić information content (AvgIpc) is 2.63. The molecule has 0 bridgehead atoms. The van der Waals surface area contributed by atoms with E-state index in [1.165, 1.54) is 43.2 Å². The Bertz CT molecular complexity index is 700. The molecule has 126 valence electrons. The van der Waals surface area contributed by atoms with Crippen LogP contribution in [0.3, 0.4) is 0 Å². The van der Waals surface area contributed by atoms with E-state index in [9.17, 15) is 4.79 Å². The molecule has 24 heavy (non-hydrogen) atoms. The smallest absolute Gasteiger partial charge is 0.255 e. The SMILES string of the molecule is COc1ccc(C(=O)Nc2ccc(C)cc2)cc1C1CCCCC1. The summed E-state index contributed by atoms with van der Waals surface area (Å²) in [6.07, 6.45) is 6.19. The van der Waals surface area contributed by atoms with Crippen LogP contribution in [0.15, 0.2) is 42.5 Å². The van der Waals surface area contributed by atoms with Crippen molar-refractivity contribution >= 4 is 11.6 Å². The van der Waals surface area contributed by atoms with Gasteiger partial charge in [0.15, 0.2) is 0 Å². The zero-order chi connectivity index (χ0) is 16.9. The first-order chi connectivity index (χ1) is 11.7. The Kier molecular flexibility index (Phi) is 5.19. The van der Waals surface area contributed by atoms with Crippen molar-refractivity contribution in [2.24, 2.45) is 0 Å². The lowest BCUT2D eigenvalue weighted by molar-refractivity contribution is 0.102. The quantitative estimate of drug-likeness (QED) is 0.828. The van der Waals surface area contributed by atoms with Gasteiger partial charge in [-0.05, 0) is 61.6 Å². The summed E-state index contributed by atoms with van der Waals surface area (Å²) in [6.45, 7) is 2.03. The van der Waals surface area contributed by atoms with E-state index in [2.05, 4.69) is 5.32 Å². The van der Waals surface area contributed by atoms with Gasteiger partial charge in [-0.3, -0.25) is 4.79 Å². The van der Waals surface area contributed by atoms with E-state index >= 15 is 0 Å². The van der Waals surface area contributed by atoms with Gasteiger partial charge in [-0.15, -0.1) is 0 Å². The summed E-state index contributed by atoms with van der Waals surface area (Å²) in [5, 5.41) is 2.97. The predicted molar refractivity (Wildman–Crippen MR) is 98.0 cm³/mol. The second-order valence-corrected chi connectivity index (χ2v) is 6.61. The molecule has 3 rings (SSSR count). The predicted octanol–water partition coefficient (Wildman–Crippen LogP) is 5.30. The van der Waals surface area contributed by atoms with Crippen LogP contribution in [0.4, 0.5) is 5.69 Å². The summed E-state index contributed by atoms with van der Waals surface area (Å²) in [7, 11) is 1.70. The summed E-state index contributed by atoms with van der Waals surface area (Å²) < 4.78 is 5.53. The minimum absolute atomic E-state index is 0.0708. The van der Waals surface area contributed by atoms with E-state index in [4.69, 9.17) is 4.74 Å². The van der Waals surface area contributed by atoms with Gasteiger partial charge in [0.1, 0.15) is 5.75 Å². The molecule has 1 fully saturated rings. The number of amides is 1. The summed E-state index contributed by atoms with van der Waals surface area (Å²) >= 11 is 0. The molecule has 0 heterocycles. The average molecular weight is 323 g/mol. The summed E-state index contributed by atoms with van der Waals surface area (Å²) in [5.74, 6) is 1.33. The number of rotatable bonds is 4. The highest BCUT2D eigenvalue weighted by atomic mass is 16.5. The van der Waals surface area contributed by atoms with Crippen LogP contribution in [-0.2, 0) is 0 Å². The lowest BCUT2D eigenvalue weighted by Gasteiger charge is -2.24. The maximum atomic E-state index is 12.6. The largest absolute Gasteiger partial charge is 0.496 e. The van der Waals surface area contributed by atoms with E-state index in [1.807, 2.05) is 49.4 Å². The van der Waals surface area contributed by atoms with Gasteiger partial charge in [0.25, 0.3) is 5.91 Å². The molecule has 1 amide bonds. The number of benzene rings is 2. The van der Waals surface area contributed by atoms with Crippen molar-refractivity contribution in [1.82, 2.24) is 0 Å². The lowest BCUT2D eigenvalue weighted by Crippen LogP contribution is -2.13. The molecule has 0 radical (unpaired) electrons. The van der Waals surface area contributed by atoms with Crippen molar-refractivity contribution in [3.63, 3.8) is 0 Å². The van der Waals surface area contributed by atoms with Crippen LogP contribution in [0.5, 0.6) is 5.75 Å². The van der Waals surface area contributed by atoms with Gasteiger partial charge in [0.2, 0.25) is 0 Å². The number of aryl methyl sites for hydroxylation is 1. The summed E-state index contributed by atoms with van der Waals surface area (Å²) in [4.78, 5) is 12.6. The third-order valence-corrected chi connectivity index (χ3v) is 4.85. The maximum absolute atomic E-state index is 12.6. The van der Waals surface area contributed by atoms with E-state index in [1.54, 1.807) is 7.11 Å². The Labute approximate surface area is 144 Å². The molecule has 0 atom stereocenters. The molecule has 2 aromatic rings. The van der Waals surface area contributed by atoms with Gasteiger partial charge in [-0.1, -0.05) is 37.0 Å². The Morgan fingerprint density at radius 1 is 1.04 bits per heavy atom. The van der Waals surface area contributed by atoms with Crippen molar-refractivity contribution in [2.75, 3.05) is 12.4 Å². The topological polar surface area (TPSA) is 38.3 Å². The molecule has 3 nitrogen and oxygen atoms in total. The first kappa shape index (κ1) is 16.6. The van der Waals surface area contributed by atoms with Gasteiger partial charge in [-0.2, -0.15) is 0 Å². The molecular weight excluding hydrogens is 298 g/mol. The highest BCUT2D eigenvalue weighted by Crippen LogP contribution is 2.38. The van der Waals surface area contributed by atoms with Crippen molar-refractivity contribution < 1.29 is 9.53 Å². The molecule has 0 saturated heterocycles. The third-order valence-electron chi connectivity index (χ3n) is 4.85. The third kappa shape index (κ3) is 3.78. The molecule has 2 aromatic carbocycles. The number of carbonyl (C=O) groups excluding carboxylic acids is 1. The first-order valence-corrected chi connectivity index (χ1v) is 8.73. The van der Waals surface area contributed by atoms with E-state index in [0.717, 1.165) is 11.4 Å². The zero-order valence-electron chi connectivity index (χ0n) is 14.5. The Morgan fingerprint density at radius 3 is 2.42 bits per heavy atom. The molecule has 1 aliphatic rings. The number of ether oxygens (including phenoxy) is 1. The number of carbonyl (C=O) groups is 1. The van der Waals surface area contributed by atoms with Crippen molar-refractivity contribution in [3.05, 3.63) is 59.2 Å². The Balaban J connectivity index is 1.82. The molecular formula is C21H25NO2. The van der Waals surface area contributed by atoms with Crippen molar-refractivity contribution in [2.45, 2.75) is 44.9 Å². The van der Waals surface area contributed by atoms with Crippen LogP contribution in [0.1, 0.15) is 59.5 Å². The molecule has 0 spiro atoms. The fourth-order valence-electron chi connectivity index (χ4n) is 3.45. The number of methoxy groups -OCH3 is 1. The monoisotopic (exact) mass is 323 g/mol. The number of nitrogens with one attached hydrogen (secondary N) is 1. The lowest BCUT2D eigenvalue weighted by atomic mass is 9.83. The van der Waals surface area contributed by atoms with Crippen LogP contribution in [0.2, 0.25) is 0 Å². The second kappa shape index (κ2) is 7.52. The summed E-state index contributed by atoms with van der Waals surface area (Å²) in [5.41, 5.74) is 3.86.